The zero-order chi connectivity index (χ0) is 32.9. The van der Waals surface area contributed by atoms with Gasteiger partial charge < -0.3 is 17.5 Å². The Hall–Kier alpha value is -4.37. The number of aliphatic hydroxyl groups excluding tert-OH is 1. The Morgan fingerprint density at radius 3 is 1.90 bits per heavy atom. The monoisotopic (exact) mass is 824 g/mol. The Labute approximate surface area is 304 Å². The van der Waals surface area contributed by atoms with Gasteiger partial charge in [-0.05, 0) is 91.8 Å². The molecule has 1 N–H and O–H groups in total. The molecule has 8 bridgehead atoms. The molecule has 1 aromatic heterocycles. The number of nitrogens with zero attached hydrogens (tertiary/aromatic N) is 1. The molecule has 0 saturated heterocycles. The summed E-state index contributed by atoms with van der Waals surface area (Å²) in [5.74, 6) is 0.547. The van der Waals surface area contributed by atoms with Gasteiger partial charge in [-0.2, -0.15) is 0 Å². The third-order valence-electron chi connectivity index (χ3n) is 9.62. The third-order valence-corrected chi connectivity index (χ3v) is 9.62. The fraction of sp³-hybridized carbons (Fsp3) is 0.222. The van der Waals surface area contributed by atoms with E-state index in [-0.39, 0.29) is 50.9 Å². The van der Waals surface area contributed by atoms with Gasteiger partial charge in [-0.1, -0.05) is 100 Å². The number of hydrogen-bond acceptors (Lipinski definition) is 3. The number of aromatic nitrogens is 1. The molecule has 4 heteroatoms. The van der Waals surface area contributed by atoms with Gasteiger partial charge in [0.2, 0.25) is 0 Å². The molecule has 0 aliphatic carbocycles. The van der Waals surface area contributed by atoms with Crippen LogP contribution in [0.1, 0.15) is 53.4 Å². The van der Waals surface area contributed by atoms with E-state index in [0.29, 0.717) is 0 Å². The molecule has 0 amide bonds. The molecule has 7 aromatic rings. The van der Waals surface area contributed by atoms with Gasteiger partial charge in [0, 0.05) is 44.2 Å². The molecular weight excluding hydrogens is 779 g/mol. The van der Waals surface area contributed by atoms with Gasteiger partial charge in [-0.15, -0.1) is 35.0 Å². The van der Waals surface area contributed by atoms with Gasteiger partial charge in [0.15, 0.2) is 5.78 Å². The fourth-order valence-electron chi connectivity index (χ4n) is 6.70. The van der Waals surface area contributed by atoms with E-state index in [1.807, 2.05) is 40.0 Å². The predicted octanol–water partition coefficient (Wildman–Crippen LogP) is 12.7. The Morgan fingerprint density at radius 1 is 0.653 bits per heavy atom. The molecule has 6 aromatic carbocycles. The average Bonchev–Trinajstić information content (AvgIpc) is 3.11. The first kappa shape index (κ1) is 37.4. The molecule has 0 fully saturated rings. The number of fused-ring (bicyclic) bond motifs is 10. The molecule has 0 atom stereocenters. The Morgan fingerprint density at radius 2 is 1.20 bits per heavy atom. The first-order valence-corrected chi connectivity index (χ1v) is 16.9. The quantitative estimate of drug-likeness (QED) is 0.0990. The minimum atomic E-state index is 0. The van der Waals surface area contributed by atoms with Crippen molar-refractivity contribution in [3.63, 3.8) is 0 Å². The van der Waals surface area contributed by atoms with Crippen LogP contribution in [0.15, 0.2) is 121 Å². The largest absolute Gasteiger partial charge is 0.512 e. The van der Waals surface area contributed by atoms with E-state index in [4.69, 9.17) is 4.98 Å². The van der Waals surface area contributed by atoms with Gasteiger partial charge in [0.1, 0.15) is 0 Å². The average molecular weight is 824 g/mol. The molecule has 1 radical (unpaired) electrons. The van der Waals surface area contributed by atoms with Crippen molar-refractivity contribution in [2.75, 3.05) is 0 Å². The van der Waals surface area contributed by atoms with Crippen molar-refractivity contribution in [2.24, 2.45) is 11.8 Å². The zero-order valence-electron chi connectivity index (χ0n) is 29.1. The van der Waals surface area contributed by atoms with Crippen LogP contribution >= 0.6 is 0 Å². The number of benzene rings is 5. The van der Waals surface area contributed by atoms with Crippen LogP contribution in [0.2, 0.25) is 0 Å². The van der Waals surface area contributed by atoms with E-state index < -0.39 is 0 Å². The first-order valence-electron chi connectivity index (χ1n) is 16.9. The molecule has 0 saturated carbocycles. The van der Waals surface area contributed by atoms with E-state index in [0.717, 1.165) is 42.0 Å². The van der Waals surface area contributed by atoms with Gasteiger partial charge >= 0.3 is 0 Å². The molecule has 0 unspecified atom stereocenters. The van der Waals surface area contributed by atoms with Crippen molar-refractivity contribution in [1.29, 1.82) is 0 Å². The fourth-order valence-corrected chi connectivity index (χ4v) is 6.70. The van der Waals surface area contributed by atoms with Gasteiger partial charge in [-0.25, -0.2) is 0 Å². The third kappa shape index (κ3) is 7.93. The maximum atomic E-state index is 11.7. The smallest absolute Gasteiger partial charge is 0.162 e. The molecule has 0 aliphatic heterocycles. The number of pyridine rings is 1. The topological polar surface area (TPSA) is 50.2 Å². The van der Waals surface area contributed by atoms with Crippen LogP contribution in [0.3, 0.4) is 0 Å². The minimum Gasteiger partial charge on any atom is -0.512 e. The van der Waals surface area contributed by atoms with Crippen molar-refractivity contribution < 1.29 is 30.0 Å². The summed E-state index contributed by atoms with van der Waals surface area (Å²) in [4.78, 5) is 16.5. The summed E-state index contributed by atoms with van der Waals surface area (Å²) in [6, 6.07) is 40.6. The van der Waals surface area contributed by atoms with Crippen LogP contribution in [0.5, 0.6) is 0 Å². The van der Waals surface area contributed by atoms with Crippen molar-refractivity contribution in [2.45, 2.75) is 53.4 Å². The SMILES string of the molecule is CCC(CC)C(=O)/C=C(\O)C(CC)CC.[CH3-].[Ir].[c-]1ccc2cc1c1cc3c(cccc3c3cccc(c3)c3ccc4cccc2c4c3)cn1. The minimum absolute atomic E-state index is 0. The zero-order valence-corrected chi connectivity index (χ0v) is 31.5. The van der Waals surface area contributed by atoms with E-state index in [9.17, 15) is 9.90 Å². The van der Waals surface area contributed by atoms with Crippen molar-refractivity contribution in [1.82, 2.24) is 4.98 Å². The summed E-state index contributed by atoms with van der Waals surface area (Å²) in [6.45, 7) is 8.07. The second-order valence-corrected chi connectivity index (χ2v) is 12.4. The van der Waals surface area contributed by atoms with Crippen molar-refractivity contribution >= 4 is 70.5 Å². The van der Waals surface area contributed by atoms with E-state index >= 15 is 0 Å². The van der Waals surface area contributed by atoms with Crippen LogP contribution in [-0.2, 0) is 24.9 Å². The van der Waals surface area contributed by atoms with Crippen LogP contribution in [-0.4, -0.2) is 15.9 Å². The Balaban J connectivity index is 0.000000275. The van der Waals surface area contributed by atoms with Crippen LogP contribution in [0, 0.1) is 25.3 Å². The number of aliphatic hydroxyl groups is 1. The molecule has 3 nitrogen and oxygen atoms in total. The number of rotatable bonds is 7. The standard InChI is InChI=1S/C31H18N.C13H24O2.CH3.Ir/c1-6-21-15-23(7-1)28-12-4-10-26-19-32-31(18-30(26)28)25-9-2-8-24(16-25)27-11-3-5-20-13-14-22(21)17-29(20)27;1-5-10(6-2)12(14)9-13(15)11(7-3)8-4;;/h1-8,10-19H;9-11,14H,5-8H2,1-4H3;1H3;/q-1;;-1;/b;12-9-;;. The van der Waals surface area contributed by atoms with E-state index in [1.165, 1.54) is 54.6 Å². The summed E-state index contributed by atoms with van der Waals surface area (Å²) in [5.41, 5.74) is 0.945. The summed E-state index contributed by atoms with van der Waals surface area (Å²) in [7, 11) is 0. The Kier molecular flexibility index (Phi) is 12.9. The van der Waals surface area contributed by atoms with Crippen LogP contribution < -0.4 is 0 Å². The normalized spacial score (nSPS) is 11.5. The molecule has 49 heavy (non-hydrogen) atoms. The van der Waals surface area contributed by atoms with Gasteiger partial charge in [-0.3, -0.25) is 4.79 Å². The number of carbonyl (C=O) groups excluding carboxylic acids is 1. The molecule has 7 rings (SSSR count). The number of carbonyl (C=O) groups is 1. The summed E-state index contributed by atoms with van der Waals surface area (Å²) < 4.78 is 0. The predicted molar refractivity (Wildman–Crippen MR) is 207 cm³/mol. The maximum absolute atomic E-state index is 11.7. The Bertz CT molecular complexity index is 2160. The second kappa shape index (κ2) is 16.8. The van der Waals surface area contributed by atoms with Crippen LogP contribution in [0.25, 0.3) is 64.8 Å². The first-order chi connectivity index (χ1) is 22.9. The maximum Gasteiger partial charge on any atom is 0.162 e. The molecule has 253 valence electrons. The van der Waals surface area contributed by atoms with Crippen molar-refractivity contribution in [3.05, 3.63) is 135 Å². The van der Waals surface area contributed by atoms with E-state index in [2.05, 4.69) is 103 Å². The number of allylic oxidation sites excluding steroid dienone is 2. The van der Waals surface area contributed by atoms with Gasteiger partial charge in [0.05, 0.1) is 5.76 Å². The van der Waals surface area contributed by atoms with Crippen molar-refractivity contribution in [3.8, 4) is 0 Å². The van der Waals surface area contributed by atoms with Crippen LogP contribution in [0.4, 0.5) is 0 Å². The summed E-state index contributed by atoms with van der Waals surface area (Å²) in [6.07, 6.45) is 6.89. The summed E-state index contributed by atoms with van der Waals surface area (Å²) >= 11 is 0. The number of hydrogen-bond donors (Lipinski definition) is 1. The summed E-state index contributed by atoms with van der Waals surface area (Å²) in [5, 5.41) is 22.9. The second-order valence-electron chi connectivity index (χ2n) is 12.4. The van der Waals surface area contributed by atoms with Gasteiger partial charge in [0.25, 0.3) is 0 Å². The molecular formula is C45H45IrNO2-2. The van der Waals surface area contributed by atoms with E-state index in [1.54, 1.807) is 0 Å². The molecule has 0 aliphatic rings. The molecule has 0 spiro atoms. The number of ketones is 1. The molecule has 1 heterocycles.